The molecule has 19 heavy (non-hydrogen) atoms. The first kappa shape index (κ1) is 14.5. The monoisotopic (exact) mass is 327 g/mol. The molecule has 2 rings (SSSR count). The fraction of sp³-hybridized carbons (Fsp3) is 0.500. The second-order valence-electron chi connectivity index (χ2n) is 5.15. The number of rotatable bonds is 3. The Kier molecular flexibility index (Phi) is 4.96. The van der Waals surface area contributed by atoms with Gasteiger partial charge < -0.3 is 15.0 Å². The third-order valence-corrected chi connectivity index (χ3v) is 3.68. The molecule has 1 fully saturated rings. The first-order valence-electron chi connectivity index (χ1n) is 6.57. The molecule has 1 saturated heterocycles. The fourth-order valence-corrected chi connectivity index (χ4v) is 2.76. The molecule has 2 N–H and O–H groups in total. The van der Waals surface area contributed by atoms with Gasteiger partial charge >= 0.3 is 0 Å². The first-order valence-corrected chi connectivity index (χ1v) is 7.36. The van der Waals surface area contributed by atoms with E-state index in [0.717, 1.165) is 23.2 Å². The van der Waals surface area contributed by atoms with Crippen molar-refractivity contribution in [1.29, 1.82) is 0 Å². The van der Waals surface area contributed by atoms with Crippen LogP contribution in [0, 0.1) is 0 Å². The van der Waals surface area contributed by atoms with Crippen LogP contribution >= 0.6 is 15.9 Å². The van der Waals surface area contributed by atoms with E-state index in [9.17, 15) is 4.79 Å². The van der Waals surface area contributed by atoms with Crippen molar-refractivity contribution in [3.05, 3.63) is 28.7 Å². The highest BCUT2D eigenvalue weighted by molar-refractivity contribution is 9.10. The molecule has 1 aliphatic heterocycles. The topological polar surface area (TPSA) is 42.8 Å². The summed E-state index contributed by atoms with van der Waals surface area (Å²) < 4.78 is 6.68. The summed E-state index contributed by atoms with van der Waals surface area (Å²) in [5.74, 6) is 0.0543. The zero-order valence-corrected chi connectivity index (χ0v) is 12.9. The molecule has 1 amide bonds. The highest BCUT2D eigenvalue weighted by atomic mass is 79.9. The van der Waals surface area contributed by atoms with E-state index < -0.39 is 0 Å². The van der Waals surface area contributed by atoms with Crippen LogP contribution < -0.4 is 10.2 Å². The molecule has 0 unspecified atom stereocenters. The summed E-state index contributed by atoms with van der Waals surface area (Å²) in [6, 6.07) is 7.62. The molecular weight excluding hydrogens is 308 g/mol. The predicted molar refractivity (Wildman–Crippen MR) is 78.3 cm³/mol. The van der Waals surface area contributed by atoms with Crippen molar-refractivity contribution in [2.75, 3.05) is 25.0 Å². The van der Waals surface area contributed by atoms with Gasteiger partial charge in [-0.1, -0.05) is 15.9 Å². The number of hydrogen-bond donors (Lipinski definition) is 2. The molecule has 0 aromatic heterocycles. The van der Waals surface area contributed by atoms with Gasteiger partial charge in [0.05, 0.1) is 0 Å². The van der Waals surface area contributed by atoms with E-state index in [4.69, 9.17) is 4.74 Å². The maximum Gasteiger partial charge on any atom is 0.279 e. The van der Waals surface area contributed by atoms with Gasteiger partial charge in [-0.05, 0) is 38.1 Å². The molecule has 0 aliphatic carbocycles. The number of carbonyl (C=O) groups excluding carboxylic acids is 1. The lowest BCUT2D eigenvalue weighted by Gasteiger charge is -2.31. The Hall–Kier alpha value is -0.910. The second-order valence-corrected chi connectivity index (χ2v) is 6.06. The van der Waals surface area contributed by atoms with Gasteiger partial charge in [-0.3, -0.25) is 4.79 Å². The summed E-state index contributed by atoms with van der Waals surface area (Å²) in [5, 5.41) is 2.92. The summed E-state index contributed by atoms with van der Waals surface area (Å²) in [6.07, 6.45) is 0.443. The van der Waals surface area contributed by atoms with Gasteiger partial charge in [-0.25, -0.2) is 0 Å². The van der Waals surface area contributed by atoms with Crippen LogP contribution in [-0.4, -0.2) is 37.7 Å². The number of ether oxygens (including phenoxy) is 1. The van der Waals surface area contributed by atoms with Crippen molar-refractivity contribution in [1.82, 2.24) is 0 Å². The Morgan fingerprint density at radius 3 is 2.47 bits per heavy atom. The van der Waals surface area contributed by atoms with Crippen LogP contribution in [0.4, 0.5) is 5.69 Å². The number of carbonyl (C=O) groups is 1. The van der Waals surface area contributed by atoms with Gasteiger partial charge in [0, 0.05) is 10.2 Å². The number of morpholine rings is 1. The van der Waals surface area contributed by atoms with E-state index in [1.54, 1.807) is 0 Å². The van der Waals surface area contributed by atoms with Crippen molar-refractivity contribution in [3.63, 3.8) is 0 Å². The van der Waals surface area contributed by atoms with E-state index in [2.05, 4.69) is 35.1 Å². The van der Waals surface area contributed by atoms with Crippen molar-refractivity contribution >= 4 is 27.5 Å². The SMILES string of the molecule is C[C@@H]1C[NH+](CC(=O)Nc2ccc(Br)cc2)C[C@@H](C)O1. The van der Waals surface area contributed by atoms with Crippen LogP contribution in [0.5, 0.6) is 0 Å². The lowest BCUT2D eigenvalue weighted by Crippen LogP contribution is -3.16. The van der Waals surface area contributed by atoms with Crippen LogP contribution in [0.3, 0.4) is 0 Å². The number of benzene rings is 1. The van der Waals surface area contributed by atoms with E-state index in [1.807, 2.05) is 24.3 Å². The molecule has 104 valence electrons. The lowest BCUT2D eigenvalue weighted by molar-refractivity contribution is -0.907. The Bertz CT molecular complexity index is 426. The van der Waals surface area contributed by atoms with Crippen LogP contribution in [0.25, 0.3) is 0 Å². The molecule has 2 atom stereocenters. The average molecular weight is 328 g/mol. The Balaban J connectivity index is 1.85. The minimum Gasteiger partial charge on any atom is -0.364 e. The van der Waals surface area contributed by atoms with Gasteiger partial charge in [-0.2, -0.15) is 0 Å². The van der Waals surface area contributed by atoms with Crippen LogP contribution in [0.15, 0.2) is 28.7 Å². The molecule has 0 spiro atoms. The van der Waals surface area contributed by atoms with Crippen molar-refractivity contribution < 1.29 is 14.4 Å². The molecule has 1 aromatic rings. The molecule has 0 bridgehead atoms. The zero-order valence-electron chi connectivity index (χ0n) is 11.3. The quantitative estimate of drug-likeness (QED) is 0.872. The molecule has 4 nitrogen and oxygen atoms in total. The van der Waals surface area contributed by atoms with Gasteiger partial charge in [0.1, 0.15) is 25.3 Å². The Morgan fingerprint density at radius 1 is 1.32 bits per heavy atom. The third-order valence-electron chi connectivity index (χ3n) is 3.16. The summed E-state index contributed by atoms with van der Waals surface area (Å²) in [5.41, 5.74) is 0.835. The Labute approximate surface area is 122 Å². The molecule has 0 saturated carbocycles. The number of amides is 1. The number of quaternary nitrogens is 1. The first-order chi connectivity index (χ1) is 9.02. The van der Waals surface area contributed by atoms with E-state index in [1.165, 1.54) is 4.90 Å². The molecule has 5 heteroatoms. The summed E-state index contributed by atoms with van der Waals surface area (Å²) in [7, 11) is 0. The Morgan fingerprint density at radius 2 is 1.89 bits per heavy atom. The van der Waals surface area contributed by atoms with Crippen molar-refractivity contribution in [3.8, 4) is 0 Å². The number of halogens is 1. The standard InChI is InChI=1S/C14H19BrN2O2/c1-10-7-17(8-11(2)19-10)9-14(18)16-13-5-3-12(15)4-6-13/h3-6,10-11H,7-9H2,1-2H3,(H,16,18)/p+1/t10-,11-/m1/s1. The summed E-state index contributed by atoms with van der Waals surface area (Å²) >= 11 is 3.37. The van der Waals surface area contributed by atoms with E-state index in [0.29, 0.717) is 6.54 Å². The maximum absolute atomic E-state index is 12.0. The van der Waals surface area contributed by atoms with Gasteiger partial charge in [0.15, 0.2) is 6.54 Å². The molecule has 0 radical (unpaired) electrons. The maximum atomic E-state index is 12.0. The number of hydrogen-bond acceptors (Lipinski definition) is 2. The fourth-order valence-electron chi connectivity index (χ4n) is 2.50. The normalized spacial score (nSPS) is 27.0. The smallest absolute Gasteiger partial charge is 0.279 e. The third kappa shape index (κ3) is 4.60. The second kappa shape index (κ2) is 6.50. The minimum absolute atomic E-state index is 0.0543. The summed E-state index contributed by atoms with van der Waals surface area (Å²) in [6.45, 7) is 6.38. The predicted octanol–water partition coefficient (Wildman–Crippen LogP) is 1.08. The minimum atomic E-state index is 0.0543. The van der Waals surface area contributed by atoms with Crippen molar-refractivity contribution in [2.45, 2.75) is 26.1 Å². The van der Waals surface area contributed by atoms with Crippen LogP contribution in [-0.2, 0) is 9.53 Å². The largest absolute Gasteiger partial charge is 0.364 e. The van der Waals surface area contributed by atoms with Crippen LogP contribution in [0.1, 0.15) is 13.8 Å². The lowest BCUT2D eigenvalue weighted by atomic mass is 10.2. The summed E-state index contributed by atoms with van der Waals surface area (Å²) in [4.78, 5) is 13.3. The van der Waals surface area contributed by atoms with Gasteiger partial charge in [-0.15, -0.1) is 0 Å². The zero-order chi connectivity index (χ0) is 13.8. The van der Waals surface area contributed by atoms with Crippen molar-refractivity contribution in [2.24, 2.45) is 0 Å². The highest BCUT2D eigenvalue weighted by Crippen LogP contribution is 2.13. The molecule has 1 aliphatic rings. The van der Waals surface area contributed by atoms with Gasteiger partial charge in [0.25, 0.3) is 5.91 Å². The van der Waals surface area contributed by atoms with E-state index >= 15 is 0 Å². The molecule has 1 aromatic carbocycles. The molecular formula is C14H20BrN2O2+. The highest BCUT2D eigenvalue weighted by Gasteiger charge is 2.27. The average Bonchev–Trinajstić information content (AvgIpc) is 2.30. The van der Waals surface area contributed by atoms with Crippen LogP contribution in [0.2, 0.25) is 0 Å². The van der Waals surface area contributed by atoms with E-state index in [-0.39, 0.29) is 18.1 Å². The number of nitrogens with one attached hydrogen (secondary N) is 2. The number of anilines is 1. The van der Waals surface area contributed by atoms with Gasteiger partial charge in [0.2, 0.25) is 0 Å². The molecule has 1 heterocycles.